The number of hydrogen-bond donors (Lipinski definition) is 2. The van der Waals surface area contributed by atoms with Gasteiger partial charge in [0.15, 0.2) is 5.78 Å². The van der Waals surface area contributed by atoms with Crippen LogP contribution in [0.2, 0.25) is 0 Å². The number of methoxy groups -OCH3 is 1. The number of rotatable bonds is 5. The molecule has 18 heavy (non-hydrogen) atoms. The van der Waals surface area contributed by atoms with Gasteiger partial charge in [0.25, 0.3) is 0 Å². The van der Waals surface area contributed by atoms with Gasteiger partial charge < -0.3 is 15.2 Å². The third kappa shape index (κ3) is 4.25. The Bertz CT molecular complexity index is 483. The van der Waals surface area contributed by atoms with Gasteiger partial charge in [0.2, 0.25) is 5.88 Å². The Labute approximate surface area is 104 Å². The summed E-state index contributed by atoms with van der Waals surface area (Å²) in [6, 6.07) is 3.16. The van der Waals surface area contributed by atoms with Gasteiger partial charge in [-0.05, 0) is 19.1 Å². The molecule has 0 aliphatic carbocycles. The number of ketones is 1. The van der Waals surface area contributed by atoms with Gasteiger partial charge >= 0.3 is 6.09 Å². The summed E-state index contributed by atoms with van der Waals surface area (Å²) in [6.45, 7) is 1.62. The molecule has 0 saturated heterocycles. The standard InChI is InChI=1S/C12H14N2O4/c1-8(15)9-6-10(14-11(7-9)18-2)4-3-5-13-12(16)17/h3-4,6-7,13H,5H2,1-2H3,(H,16,17)/b4-3+. The van der Waals surface area contributed by atoms with E-state index in [1.807, 2.05) is 0 Å². The third-order valence-corrected chi connectivity index (χ3v) is 2.10. The smallest absolute Gasteiger partial charge is 0.404 e. The predicted octanol–water partition coefficient (Wildman–Crippen LogP) is 1.57. The topological polar surface area (TPSA) is 88.5 Å². The molecular formula is C12H14N2O4. The van der Waals surface area contributed by atoms with Crippen molar-refractivity contribution in [2.24, 2.45) is 0 Å². The van der Waals surface area contributed by atoms with Gasteiger partial charge in [-0.2, -0.15) is 0 Å². The van der Waals surface area contributed by atoms with Crippen molar-refractivity contribution in [3.63, 3.8) is 0 Å². The van der Waals surface area contributed by atoms with Crippen LogP contribution in [0.1, 0.15) is 23.0 Å². The van der Waals surface area contributed by atoms with E-state index in [1.54, 1.807) is 24.3 Å². The fourth-order valence-electron chi connectivity index (χ4n) is 1.24. The van der Waals surface area contributed by atoms with Crippen molar-refractivity contribution in [2.45, 2.75) is 6.92 Å². The highest BCUT2D eigenvalue weighted by atomic mass is 16.5. The predicted molar refractivity (Wildman–Crippen MR) is 65.9 cm³/mol. The molecule has 6 nitrogen and oxygen atoms in total. The number of Topliss-reactive ketones (excluding diaryl/α,β-unsaturated/α-hetero) is 1. The zero-order chi connectivity index (χ0) is 13.5. The van der Waals surface area contributed by atoms with Crippen molar-refractivity contribution >= 4 is 18.0 Å². The molecule has 96 valence electrons. The van der Waals surface area contributed by atoms with Crippen LogP contribution in [-0.4, -0.2) is 35.6 Å². The zero-order valence-electron chi connectivity index (χ0n) is 10.1. The van der Waals surface area contributed by atoms with Crippen LogP contribution in [0.5, 0.6) is 5.88 Å². The number of carbonyl (C=O) groups is 2. The van der Waals surface area contributed by atoms with Crippen molar-refractivity contribution in [2.75, 3.05) is 13.7 Å². The van der Waals surface area contributed by atoms with Gasteiger partial charge in [0.1, 0.15) is 0 Å². The Balaban J connectivity index is 2.84. The molecule has 0 saturated carbocycles. The monoisotopic (exact) mass is 250 g/mol. The van der Waals surface area contributed by atoms with Crippen LogP contribution in [0.4, 0.5) is 4.79 Å². The average Bonchev–Trinajstić information content (AvgIpc) is 2.34. The minimum Gasteiger partial charge on any atom is -0.481 e. The lowest BCUT2D eigenvalue weighted by Crippen LogP contribution is -2.20. The van der Waals surface area contributed by atoms with Crippen LogP contribution in [0.3, 0.4) is 0 Å². The van der Waals surface area contributed by atoms with E-state index in [-0.39, 0.29) is 12.3 Å². The number of hydrogen-bond acceptors (Lipinski definition) is 4. The van der Waals surface area contributed by atoms with Crippen LogP contribution in [0, 0.1) is 0 Å². The summed E-state index contributed by atoms with van der Waals surface area (Å²) in [5, 5.41) is 10.6. The quantitative estimate of drug-likeness (QED) is 0.774. The van der Waals surface area contributed by atoms with E-state index in [1.165, 1.54) is 14.0 Å². The van der Waals surface area contributed by atoms with Gasteiger partial charge in [-0.15, -0.1) is 0 Å². The molecule has 0 fully saturated rings. The van der Waals surface area contributed by atoms with E-state index in [9.17, 15) is 9.59 Å². The molecule has 1 heterocycles. The lowest BCUT2D eigenvalue weighted by atomic mass is 10.1. The molecule has 0 aliphatic rings. The molecule has 2 N–H and O–H groups in total. The Kier molecular flexibility index (Phi) is 4.86. The van der Waals surface area contributed by atoms with Gasteiger partial charge in [-0.3, -0.25) is 4.79 Å². The largest absolute Gasteiger partial charge is 0.481 e. The maximum Gasteiger partial charge on any atom is 0.404 e. The summed E-state index contributed by atoms with van der Waals surface area (Å²) in [5.41, 5.74) is 1.03. The number of pyridine rings is 1. The number of ether oxygens (including phenoxy) is 1. The van der Waals surface area contributed by atoms with Gasteiger partial charge in [0, 0.05) is 18.2 Å². The van der Waals surface area contributed by atoms with Crippen molar-refractivity contribution < 1.29 is 19.4 Å². The molecule has 0 aliphatic heterocycles. The first kappa shape index (κ1) is 13.7. The minimum absolute atomic E-state index is 0.0889. The van der Waals surface area contributed by atoms with Gasteiger partial charge in [-0.1, -0.05) is 6.08 Å². The molecule has 0 atom stereocenters. The molecule has 0 aromatic carbocycles. The minimum atomic E-state index is -1.09. The zero-order valence-corrected chi connectivity index (χ0v) is 10.1. The van der Waals surface area contributed by atoms with E-state index in [0.29, 0.717) is 17.1 Å². The van der Waals surface area contributed by atoms with Crippen molar-refractivity contribution in [1.29, 1.82) is 0 Å². The molecular weight excluding hydrogens is 236 g/mol. The summed E-state index contributed by atoms with van der Waals surface area (Å²) < 4.78 is 4.98. The number of amides is 1. The number of nitrogens with one attached hydrogen (secondary N) is 1. The van der Waals surface area contributed by atoms with Crippen molar-refractivity contribution in [3.8, 4) is 5.88 Å². The maximum absolute atomic E-state index is 11.3. The highest BCUT2D eigenvalue weighted by Crippen LogP contribution is 2.13. The highest BCUT2D eigenvalue weighted by Gasteiger charge is 2.04. The fraction of sp³-hybridized carbons (Fsp3) is 0.250. The summed E-state index contributed by atoms with van der Waals surface area (Å²) in [4.78, 5) is 25.6. The Morgan fingerprint density at radius 1 is 1.50 bits per heavy atom. The lowest BCUT2D eigenvalue weighted by Gasteiger charge is -2.03. The number of aromatic nitrogens is 1. The number of carboxylic acid groups (broad SMARTS) is 1. The van der Waals surface area contributed by atoms with Crippen LogP contribution in [0.15, 0.2) is 18.2 Å². The second-order valence-electron chi connectivity index (χ2n) is 3.47. The first-order chi connectivity index (χ1) is 8.52. The van der Waals surface area contributed by atoms with E-state index in [2.05, 4.69) is 10.3 Å². The molecule has 1 aromatic heterocycles. The van der Waals surface area contributed by atoms with Gasteiger partial charge in [-0.25, -0.2) is 9.78 Å². The van der Waals surface area contributed by atoms with Crippen LogP contribution < -0.4 is 10.1 Å². The van der Waals surface area contributed by atoms with E-state index in [0.717, 1.165) is 0 Å². The van der Waals surface area contributed by atoms with Crippen LogP contribution in [-0.2, 0) is 0 Å². The first-order valence-electron chi connectivity index (χ1n) is 5.23. The van der Waals surface area contributed by atoms with Crippen LogP contribution >= 0.6 is 0 Å². The van der Waals surface area contributed by atoms with Gasteiger partial charge in [0.05, 0.1) is 12.8 Å². The Hall–Kier alpha value is -2.37. The second-order valence-corrected chi connectivity index (χ2v) is 3.47. The SMILES string of the molecule is COc1cc(C(C)=O)cc(/C=C/CNC(=O)O)n1. The summed E-state index contributed by atoms with van der Waals surface area (Å²) in [6.07, 6.45) is 2.12. The molecule has 0 unspecified atom stereocenters. The van der Waals surface area contributed by atoms with Crippen molar-refractivity contribution in [1.82, 2.24) is 10.3 Å². The van der Waals surface area contributed by atoms with Crippen molar-refractivity contribution in [3.05, 3.63) is 29.5 Å². The van der Waals surface area contributed by atoms with E-state index < -0.39 is 6.09 Å². The highest BCUT2D eigenvalue weighted by molar-refractivity contribution is 5.94. The summed E-state index contributed by atoms with van der Waals surface area (Å²) in [7, 11) is 1.46. The number of nitrogens with zero attached hydrogens (tertiary/aromatic N) is 1. The molecule has 1 aromatic rings. The summed E-state index contributed by atoms with van der Waals surface area (Å²) >= 11 is 0. The van der Waals surface area contributed by atoms with E-state index in [4.69, 9.17) is 9.84 Å². The fourth-order valence-corrected chi connectivity index (χ4v) is 1.24. The van der Waals surface area contributed by atoms with Crippen LogP contribution in [0.25, 0.3) is 6.08 Å². The average molecular weight is 250 g/mol. The molecule has 1 rings (SSSR count). The third-order valence-electron chi connectivity index (χ3n) is 2.10. The van der Waals surface area contributed by atoms with E-state index >= 15 is 0 Å². The lowest BCUT2D eigenvalue weighted by molar-refractivity contribution is 0.101. The Morgan fingerprint density at radius 2 is 2.22 bits per heavy atom. The summed E-state index contributed by atoms with van der Waals surface area (Å²) in [5.74, 6) is 0.252. The number of carbonyl (C=O) groups excluding carboxylic acids is 1. The Morgan fingerprint density at radius 3 is 2.78 bits per heavy atom. The molecule has 6 heteroatoms. The molecule has 1 amide bonds. The normalized spacial score (nSPS) is 10.3. The first-order valence-corrected chi connectivity index (χ1v) is 5.23. The molecule has 0 bridgehead atoms. The molecule has 0 spiro atoms. The molecule has 0 radical (unpaired) electrons. The maximum atomic E-state index is 11.3. The second kappa shape index (κ2) is 6.39.